The number of carbonyl (C=O) groups excluding carboxylic acids is 1. The smallest absolute Gasteiger partial charge is 0.427 e. The molecule has 284 valence electrons. The number of anilines is 2. The molecule has 4 saturated heterocycles. The van der Waals surface area contributed by atoms with Gasteiger partial charge in [-0.25, -0.2) is 23.3 Å². The summed E-state index contributed by atoms with van der Waals surface area (Å²) in [5.74, 6) is 4.52. The van der Waals surface area contributed by atoms with Crippen LogP contribution >= 0.6 is 0 Å². The number of nitriles is 1. The number of benzene rings is 2. The number of aromatic nitrogens is 3. The first-order valence-electron chi connectivity index (χ1n) is 19.1. The van der Waals surface area contributed by atoms with E-state index in [1.807, 2.05) is 36.0 Å². The van der Waals surface area contributed by atoms with Crippen LogP contribution in [0.5, 0.6) is 0 Å². The number of hydrogen-bond donors (Lipinski definition) is 0. The topological polar surface area (TPSA) is 109 Å². The number of hydrazine groups is 1. The van der Waals surface area contributed by atoms with Crippen LogP contribution < -0.4 is 9.91 Å². The zero-order chi connectivity index (χ0) is 37.6. The summed E-state index contributed by atoms with van der Waals surface area (Å²) in [6.45, 7) is 6.90. The highest BCUT2D eigenvalue weighted by Gasteiger charge is 2.50. The maximum Gasteiger partial charge on any atom is 0.431 e. The quantitative estimate of drug-likeness (QED) is 0.217. The van der Waals surface area contributed by atoms with Gasteiger partial charge in [0.2, 0.25) is 0 Å². The number of rotatable bonds is 9. The molecule has 4 aliphatic heterocycles. The lowest BCUT2D eigenvalue weighted by Gasteiger charge is -2.47. The molecule has 1 aromatic heterocycles. The fourth-order valence-corrected chi connectivity index (χ4v) is 8.37. The number of cyclic esters (lactones) is 1. The highest BCUT2D eigenvalue weighted by molar-refractivity contribution is 5.89. The van der Waals surface area contributed by atoms with Crippen LogP contribution in [0, 0.1) is 54.3 Å². The van der Waals surface area contributed by atoms with Gasteiger partial charge in [0.05, 0.1) is 48.7 Å². The Morgan fingerprint density at radius 2 is 1.87 bits per heavy atom. The van der Waals surface area contributed by atoms with Crippen LogP contribution in [0.1, 0.15) is 68.1 Å². The van der Waals surface area contributed by atoms with E-state index in [0.717, 1.165) is 72.5 Å². The lowest BCUT2D eigenvalue weighted by atomic mass is 9.76. The van der Waals surface area contributed by atoms with Crippen molar-refractivity contribution in [2.45, 2.75) is 96.1 Å². The highest BCUT2D eigenvalue weighted by Crippen LogP contribution is 2.50. The average Bonchev–Trinajstić information content (AvgIpc) is 3.60. The number of ether oxygens (including phenoxy) is 3. The predicted molar refractivity (Wildman–Crippen MR) is 197 cm³/mol. The Hall–Kier alpha value is -4.56. The molecule has 0 N–H and O–H groups in total. The van der Waals surface area contributed by atoms with Gasteiger partial charge >= 0.3 is 6.09 Å². The van der Waals surface area contributed by atoms with Crippen molar-refractivity contribution in [1.82, 2.24) is 20.0 Å². The van der Waals surface area contributed by atoms with E-state index in [1.54, 1.807) is 12.1 Å². The van der Waals surface area contributed by atoms with E-state index in [1.165, 1.54) is 11.4 Å². The van der Waals surface area contributed by atoms with Crippen molar-refractivity contribution in [3.05, 3.63) is 59.3 Å². The normalized spacial score (nSPS) is 27.4. The van der Waals surface area contributed by atoms with Crippen molar-refractivity contribution < 1.29 is 27.8 Å². The summed E-state index contributed by atoms with van der Waals surface area (Å²) in [4.78, 5) is 15.3. The summed E-state index contributed by atoms with van der Waals surface area (Å²) < 4.78 is 46.9. The molecule has 11 nitrogen and oxygen atoms in total. The minimum Gasteiger partial charge on any atom is -0.427 e. The molecule has 5 unspecified atom stereocenters. The molecule has 5 fully saturated rings. The van der Waals surface area contributed by atoms with Gasteiger partial charge in [-0.15, -0.1) is 5.10 Å². The maximum atomic E-state index is 14.0. The number of hydrogen-bond acceptors (Lipinski definition) is 9. The van der Waals surface area contributed by atoms with Gasteiger partial charge in [0.15, 0.2) is 6.23 Å². The number of alkyl halides is 2. The standard InChI is InChI=1S/C41H47F2N7O4/c1-27-7-8-29(17-37(27)50-39(51)54-38(47(50)3)19-34-21-41(42,43)13-15-53-34)9-10-30-18-31(30)20-40(24-44)25-48(26-40)32-11-12-35(28(2)16-32)36-23-49(46-45-36)22-33-6-4-5-14-52-33/h7-8,11-12,16-17,23,30-31,33-34,38H,4-6,13-15,18-22,25-26H2,1-3H3. The van der Waals surface area contributed by atoms with Crippen LogP contribution in [0.3, 0.4) is 0 Å². The van der Waals surface area contributed by atoms with Gasteiger partial charge in [0, 0.05) is 68.7 Å². The third kappa shape index (κ3) is 7.68. The maximum absolute atomic E-state index is 14.0. The second-order valence-corrected chi connectivity index (χ2v) is 15.9. The number of nitrogens with zero attached hydrogens (tertiary/aromatic N) is 7. The van der Waals surface area contributed by atoms with E-state index in [0.29, 0.717) is 24.7 Å². The highest BCUT2D eigenvalue weighted by atomic mass is 19.3. The van der Waals surface area contributed by atoms with Crippen molar-refractivity contribution in [3.63, 3.8) is 0 Å². The molecule has 5 aliphatic rings. The van der Waals surface area contributed by atoms with E-state index in [-0.39, 0.29) is 37.9 Å². The molecule has 2 aromatic carbocycles. The average molecular weight is 740 g/mol. The van der Waals surface area contributed by atoms with Crippen molar-refractivity contribution in [3.8, 4) is 29.2 Å². The van der Waals surface area contributed by atoms with E-state index in [9.17, 15) is 18.8 Å². The summed E-state index contributed by atoms with van der Waals surface area (Å²) in [5, 5.41) is 22.1. The molecular weight excluding hydrogens is 692 g/mol. The van der Waals surface area contributed by atoms with E-state index >= 15 is 0 Å². The van der Waals surface area contributed by atoms with Crippen molar-refractivity contribution >= 4 is 17.5 Å². The molecule has 13 heteroatoms. The number of amides is 1. The fourth-order valence-electron chi connectivity index (χ4n) is 8.37. The summed E-state index contributed by atoms with van der Waals surface area (Å²) >= 11 is 0. The zero-order valence-corrected chi connectivity index (χ0v) is 31.1. The zero-order valence-electron chi connectivity index (χ0n) is 31.1. The molecule has 1 saturated carbocycles. The molecule has 0 radical (unpaired) electrons. The lowest BCUT2D eigenvalue weighted by Crippen LogP contribution is -2.56. The van der Waals surface area contributed by atoms with Crippen LogP contribution in [0.4, 0.5) is 25.0 Å². The van der Waals surface area contributed by atoms with Crippen LogP contribution in [0.2, 0.25) is 0 Å². The molecule has 5 atom stereocenters. The van der Waals surface area contributed by atoms with Crippen LogP contribution in [0.15, 0.2) is 42.6 Å². The number of carbonyl (C=O) groups is 1. The van der Waals surface area contributed by atoms with Crippen molar-refractivity contribution in [2.75, 3.05) is 43.3 Å². The predicted octanol–water partition coefficient (Wildman–Crippen LogP) is 6.87. The molecule has 3 aromatic rings. The largest absolute Gasteiger partial charge is 0.431 e. The van der Waals surface area contributed by atoms with E-state index in [2.05, 4.69) is 58.2 Å². The Bertz CT molecular complexity index is 1990. The van der Waals surface area contributed by atoms with Gasteiger partial charge in [-0.3, -0.25) is 0 Å². The third-order valence-electron chi connectivity index (χ3n) is 11.6. The van der Waals surface area contributed by atoms with Crippen molar-refractivity contribution in [1.29, 1.82) is 5.26 Å². The molecule has 0 spiro atoms. The van der Waals surface area contributed by atoms with E-state index < -0.39 is 29.8 Å². The molecular formula is C41H47F2N7O4. The van der Waals surface area contributed by atoms with Gasteiger partial charge in [-0.1, -0.05) is 29.2 Å². The summed E-state index contributed by atoms with van der Waals surface area (Å²) in [6.07, 6.45) is 4.86. The van der Waals surface area contributed by atoms with Gasteiger partial charge in [0.25, 0.3) is 5.92 Å². The van der Waals surface area contributed by atoms with Crippen LogP contribution in [0.25, 0.3) is 11.3 Å². The fraction of sp³-hybridized carbons (Fsp3) is 0.561. The molecule has 54 heavy (non-hydrogen) atoms. The molecule has 5 heterocycles. The Balaban J connectivity index is 0.851. The SMILES string of the molecule is Cc1cc(N2CC(C#N)(CC3CC3C#Cc3ccc(C)c(N4C(=O)OC(CC5CC(F)(F)CCO5)N4C)c3)C2)ccc1-c1cn(CC2CCCCO2)nn1. The Morgan fingerprint density at radius 1 is 1.04 bits per heavy atom. The summed E-state index contributed by atoms with van der Waals surface area (Å²) in [7, 11) is 1.72. The second kappa shape index (κ2) is 14.6. The molecule has 0 bridgehead atoms. The first kappa shape index (κ1) is 36.4. The number of aryl methyl sites for hydroxylation is 2. The van der Waals surface area contributed by atoms with Crippen LogP contribution in [-0.4, -0.2) is 83.8 Å². The van der Waals surface area contributed by atoms with Gasteiger partial charge < -0.3 is 19.1 Å². The van der Waals surface area contributed by atoms with E-state index in [4.69, 9.17) is 14.2 Å². The minimum atomic E-state index is -2.77. The molecule has 1 amide bonds. The monoisotopic (exact) mass is 739 g/mol. The lowest BCUT2D eigenvalue weighted by molar-refractivity contribution is -0.139. The Labute approximate surface area is 315 Å². The van der Waals surface area contributed by atoms with Gasteiger partial charge in [0.1, 0.15) is 5.69 Å². The van der Waals surface area contributed by atoms with Crippen LogP contribution in [-0.2, 0) is 20.8 Å². The first-order chi connectivity index (χ1) is 26.0. The summed E-state index contributed by atoms with van der Waals surface area (Å²) in [5.41, 5.74) is 6.00. The van der Waals surface area contributed by atoms with Gasteiger partial charge in [-0.05, 0) is 87.3 Å². The third-order valence-corrected chi connectivity index (χ3v) is 11.6. The number of halogens is 2. The molecule has 8 rings (SSSR count). The first-order valence-corrected chi connectivity index (χ1v) is 19.1. The molecule has 1 aliphatic carbocycles. The minimum absolute atomic E-state index is 0.0118. The Kier molecular flexibility index (Phi) is 9.84. The van der Waals surface area contributed by atoms with Crippen molar-refractivity contribution in [2.24, 2.45) is 17.3 Å². The van der Waals surface area contributed by atoms with Gasteiger partial charge in [-0.2, -0.15) is 10.3 Å². The Morgan fingerprint density at radius 3 is 2.63 bits per heavy atom. The second-order valence-electron chi connectivity index (χ2n) is 15.9. The summed E-state index contributed by atoms with van der Waals surface area (Å²) in [6, 6.07) is 14.7.